The van der Waals surface area contributed by atoms with Gasteiger partial charge in [-0.05, 0) is 60.4 Å². The van der Waals surface area contributed by atoms with Crippen LogP contribution in [0.25, 0.3) is 0 Å². The average molecular weight is 409 g/mol. The standard InChI is InChI=1S/C22H32O5S/c1-27-17(9-8-16-12-13-28-15-16)10-11-19-18(20(23)14-21(19)24)6-4-2-3-5-7-22(25)26/h2,4,10-13,15,17-21,23-24H,3,5-9,14H2,1H3,(H,25,26)/b4-2-,11-10+/t17?,18?,19?,20-,21+/m0/s1. The molecule has 5 nitrogen and oxygen atoms in total. The third-order valence-corrected chi connectivity index (χ3v) is 6.13. The summed E-state index contributed by atoms with van der Waals surface area (Å²) in [4.78, 5) is 10.5. The van der Waals surface area contributed by atoms with Crippen LogP contribution in [0.2, 0.25) is 0 Å². The van der Waals surface area contributed by atoms with Crippen molar-refractivity contribution in [2.24, 2.45) is 11.8 Å². The molecule has 1 fully saturated rings. The maximum Gasteiger partial charge on any atom is 0.303 e. The fourth-order valence-electron chi connectivity index (χ4n) is 3.74. The van der Waals surface area contributed by atoms with Crippen LogP contribution in [0, 0.1) is 11.8 Å². The van der Waals surface area contributed by atoms with Gasteiger partial charge in [0.15, 0.2) is 0 Å². The second-order valence-corrected chi connectivity index (χ2v) is 8.21. The molecule has 0 amide bonds. The second-order valence-electron chi connectivity index (χ2n) is 7.43. The summed E-state index contributed by atoms with van der Waals surface area (Å²) >= 11 is 1.69. The molecule has 2 rings (SSSR count). The van der Waals surface area contributed by atoms with Gasteiger partial charge in [0.2, 0.25) is 0 Å². The fourth-order valence-corrected chi connectivity index (χ4v) is 4.44. The van der Waals surface area contributed by atoms with Crippen molar-refractivity contribution in [3.05, 3.63) is 46.7 Å². The van der Waals surface area contributed by atoms with E-state index in [2.05, 4.69) is 16.8 Å². The topological polar surface area (TPSA) is 87.0 Å². The second kappa shape index (κ2) is 12.2. The number of methoxy groups -OCH3 is 1. The fraction of sp³-hybridized carbons (Fsp3) is 0.591. The monoisotopic (exact) mass is 408 g/mol. The van der Waals surface area contributed by atoms with E-state index >= 15 is 0 Å². The zero-order valence-corrected chi connectivity index (χ0v) is 17.3. The molecule has 1 aliphatic rings. The number of hydrogen-bond donors (Lipinski definition) is 3. The van der Waals surface area contributed by atoms with Crippen molar-refractivity contribution in [1.29, 1.82) is 0 Å². The maximum absolute atomic E-state index is 10.5. The van der Waals surface area contributed by atoms with Gasteiger partial charge in [0, 0.05) is 25.9 Å². The highest BCUT2D eigenvalue weighted by molar-refractivity contribution is 7.07. The molecule has 1 heterocycles. The number of thiophene rings is 1. The number of carbonyl (C=O) groups is 1. The van der Waals surface area contributed by atoms with E-state index in [-0.39, 0.29) is 24.4 Å². The summed E-state index contributed by atoms with van der Waals surface area (Å²) in [6, 6.07) is 2.12. The average Bonchev–Trinajstić information content (AvgIpc) is 3.26. The first-order valence-corrected chi connectivity index (χ1v) is 10.9. The summed E-state index contributed by atoms with van der Waals surface area (Å²) in [6.45, 7) is 0. The summed E-state index contributed by atoms with van der Waals surface area (Å²) in [6.07, 6.45) is 11.3. The summed E-state index contributed by atoms with van der Waals surface area (Å²) in [5.41, 5.74) is 1.31. The van der Waals surface area contributed by atoms with Crippen LogP contribution in [0.4, 0.5) is 0 Å². The first-order valence-electron chi connectivity index (χ1n) is 9.96. The van der Waals surface area contributed by atoms with E-state index in [1.165, 1.54) is 5.56 Å². The van der Waals surface area contributed by atoms with Gasteiger partial charge in [0.05, 0.1) is 18.3 Å². The first kappa shape index (κ1) is 22.8. The number of aliphatic hydroxyl groups is 2. The highest BCUT2D eigenvalue weighted by Crippen LogP contribution is 2.36. The normalized spacial score (nSPS) is 26.4. The molecule has 0 aliphatic heterocycles. The third-order valence-electron chi connectivity index (χ3n) is 5.40. The smallest absolute Gasteiger partial charge is 0.303 e. The van der Waals surface area contributed by atoms with Crippen molar-refractivity contribution >= 4 is 17.3 Å². The van der Waals surface area contributed by atoms with Crippen molar-refractivity contribution in [1.82, 2.24) is 0 Å². The van der Waals surface area contributed by atoms with E-state index in [9.17, 15) is 15.0 Å². The summed E-state index contributed by atoms with van der Waals surface area (Å²) in [7, 11) is 1.69. The summed E-state index contributed by atoms with van der Waals surface area (Å²) in [5.74, 6) is -0.909. The van der Waals surface area contributed by atoms with Gasteiger partial charge in [0.1, 0.15) is 0 Å². The Bertz CT molecular complexity index is 625. The Kier molecular flexibility index (Phi) is 9.92. The zero-order valence-electron chi connectivity index (χ0n) is 16.4. The molecule has 28 heavy (non-hydrogen) atoms. The summed E-state index contributed by atoms with van der Waals surface area (Å²) < 4.78 is 5.56. The van der Waals surface area contributed by atoms with E-state index in [1.54, 1.807) is 18.4 Å². The van der Waals surface area contributed by atoms with E-state index in [0.29, 0.717) is 25.7 Å². The van der Waals surface area contributed by atoms with E-state index < -0.39 is 18.2 Å². The number of carboxylic acids is 1. The molecule has 156 valence electrons. The predicted octanol–water partition coefficient (Wildman–Crippen LogP) is 3.81. The minimum absolute atomic E-state index is 0.0166. The molecule has 1 saturated carbocycles. The molecule has 0 aromatic carbocycles. The quantitative estimate of drug-likeness (QED) is 0.362. The molecule has 3 unspecified atom stereocenters. The lowest BCUT2D eigenvalue weighted by molar-refractivity contribution is -0.137. The van der Waals surface area contributed by atoms with E-state index in [4.69, 9.17) is 9.84 Å². The Balaban J connectivity index is 1.85. The number of allylic oxidation sites excluding steroid dienone is 2. The van der Waals surface area contributed by atoms with Gasteiger partial charge in [-0.1, -0.05) is 24.3 Å². The van der Waals surface area contributed by atoms with Gasteiger partial charge >= 0.3 is 5.97 Å². The van der Waals surface area contributed by atoms with E-state index in [1.807, 2.05) is 24.3 Å². The largest absolute Gasteiger partial charge is 0.481 e. The molecule has 1 aliphatic carbocycles. The Morgan fingerprint density at radius 1 is 1.36 bits per heavy atom. The number of rotatable bonds is 12. The zero-order chi connectivity index (χ0) is 20.4. The number of unbranched alkanes of at least 4 members (excludes halogenated alkanes) is 1. The highest BCUT2D eigenvalue weighted by atomic mass is 32.1. The van der Waals surface area contributed by atoms with Crippen molar-refractivity contribution < 1.29 is 24.9 Å². The Morgan fingerprint density at radius 3 is 2.86 bits per heavy atom. The molecule has 1 aromatic rings. The molecule has 5 atom stereocenters. The lowest BCUT2D eigenvalue weighted by Gasteiger charge is -2.20. The Morgan fingerprint density at radius 2 is 2.18 bits per heavy atom. The number of aryl methyl sites for hydroxylation is 1. The van der Waals surface area contributed by atoms with Crippen LogP contribution in [0.3, 0.4) is 0 Å². The minimum Gasteiger partial charge on any atom is -0.481 e. The Labute approximate surface area is 171 Å². The summed E-state index contributed by atoms with van der Waals surface area (Å²) in [5, 5.41) is 33.6. The minimum atomic E-state index is -0.778. The number of aliphatic hydroxyl groups excluding tert-OH is 2. The molecule has 3 N–H and O–H groups in total. The molecule has 0 saturated heterocycles. The van der Waals surface area contributed by atoms with Crippen molar-refractivity contribution in [2.75, 3.05) is 7.11 Å². The van der Waals surface area contributed by atoms with E-state index in [0.717, 1.165) is 12.8 Å². The van der Waals surface area contributed by atoms with Gasteiger partial charge in [-0.3, -0.25) is 4.79 Å². The van der Waals surface area contributed by atoms with Crippen LogP contribution < -0.4 is 0 Å². The molecule has 0 spiro atoms. The van der Waals surface area contributed by atoms with Gasteiger partial charge in [0.25, 0.3) is 0 Å². The van der Waals surface area contributed by atoms with Crippen LogP contribution in [0.15, 0.2) is 41.1 Å². The predicted molar refractivity (Wildman–Crippen MR) is 111 cm³/mol. The van der Waals surface area contributed by atoms with Gasteiger partial charge in [-0.15, -0.1) is 0 Å². The molecule has 1 aromatic heterocycles. The Hall–Kier alpha value is -1.47. The number of aliphatic carboxylic acids is 1. The van der Waals surface area contributed by atoms with Crippen LogP contribution in [-0.2, 0) is 16.0 Å². The third kappa shape index (κ3) is 7.51. The van der Waals surface area contributed by atoms with Crippen LogP contribution in [-0.4, -0.2) is 46.7 Å². The number of ether oxygens (including phenoxy) is 1. The number of hydrogen-bond acceptors (Lipinski definition) is 5. The lowest BCUT2D eigenvalue weighted by Crippen LogP contribution is -2.20. The molecular formula is C22H32O5S. The molecule has 6 heteroatoms. The molecular weight excluding hydrogens is 376 g/mol. The lowest BCUT2D eigenvalue weighted by atomic mass is 9.89. The van der Waals surface area contributed by atoms with Gasteiger partial charge in [-0.25, -0.2) is 0 Å². The SMILES string of the molecule is COC(/C=C/C1C(C/C=C\CCCC(=O)O)[C@@H](O)C[C@H]1O)CCc1ccsc1. The van der Waals surface area contributed by atoms with Crippen molar-refractivity contribution in [2.45, 2.75) is 63.3 Å². The molecule has 0 bridgehead atoms. The van der Waals surface area contributed by atoms with Crippen LogP contribution >= 0.6 is 11.3 Å². The van der Waals surface area contributed by atoms with Gasteiger partial charge < -0.3 is 20.1 Å². The first-order chi connectivity index (χ1) is 13.5. The molecule has 0 radical (unpaired) electrons. The van der Waals surface area contributed by atoms with Gasteiger partial charge in [-0.2, -0.15) is 11.3 Å². The van der Waals surface area contributed by atoms with Crippen LogP contribution in [0.5, 0.6) is 0 Å². The van der Waals surface area contributed by atoms with Crippen molar-refractivity contribution in [3.63, 3.8) is 0 Å². The maximum atomic E-state index is 10.5. The van der Waals surface area contributed by atoms with Crippen molar-refractivity contribution in [3.8, 4) is 0 Å². The van der Waals surface area contributed by atoms with Crippen LogP contribution in [0.1, 0.15) is 44.1 Å². The number of carboxylic acid groups (broad SMARTS) is 1. The highest BCUT2D eigenvalue weighted by Gasteiger charge is 2.39.